The minimum absolute atomic E-state index is 0.131. The fraction of sp³-hybridized carbons (Fsp3) is 0.391. The second kappa shape index (κ2) is 9.16. The predicted molar refractivity (Wildman–Crippen MR) is 120 cm³/mol. The number of hydrogen-bond acceptors (Lipinski definition) is 6. The first kappa shape index (κ1) is 20.8. The Balaban J connectivity index is 1.39. The van der Waals surface area contributed by atoms with Crippen LogP contribution in [0.3, 0.4) is 0 Å². The van der Waals surface area contributed by atoms with Crippen molar-refractivity contribution in [1.29, 1.82) is 0 Å². The molecule has 0 aliphatic carbocycles. The Kier molecular flexibility index (Phi) is 6.16. The Morgan fingerprint density at radius 2 is 1.84 bits per heavy atom. The second-order valence-electron chi connectivity index (χ2n) is 7.55. The molecule has 0 N–H and O–H groups in total. The quantitative estimate of drug-likeness (QED) is 0.606. The number of hydrogen-bond donors (Lipinski definition) is 0. The van der Waals surface area contributed by atoms with Gasteiger partial charge in [-0.3, -0.25) is 14.2 Å². The number of pyridine rings is 1. The van der Waals surface area contributed by atoms with Crippen LogP contribution in [0.25, 0.3) is 11.2 Å². The number of rotatable bonds is 6. The van der Waals surface area contributed by atoms with E-state index in [1.807, 2.05) is 53.1 Å². The van der Waals surface area contributed by atoms with E-state index < -0.39 is 0 Å². The first-order valence-electron chi connectivity index (χ1n) is 10.6. The summed E-state index contributed by atoms with van der Waals surface area (Å²) in [6.45, 7) is 4.81. The number of anilines is 1. The van der Waals surface area contributed by atoms with Gasteiger partial charge in [-0.05, 0) is 43.2 Å². The van der Waals surface area contributed by atoms with Gasteiger partial charge < -0.3 is 14.5 Å². The normalized spacial score (nSPS) is 14.1. The average Bonchev–Trinajstić information content (AvgIpc) is 2.82. The highest BCUT2D eigenvalue weighted by Crippen LogP contribution is 2.16. The summed E-state index contributed by atoms with van der Waals surface area (Å²) in [5.41, 5.74) is 2.29. The Morgan fingerprint density at radius 3 is 2.52 bits per heavy atom. The van der Waals surface area contributed by atoms with E-state index in [2.05, 4.69) is 9.97 Å². The van der Waals surface area contributed by atoms with Gasteiger partial charge in [0.1, 0.15) is 11.3 Å². The molecule has 1 saturated heterocycles. The third kappa shape index (κ3) is 4.38. The average molecular weight is 422 g/mol. The molecule has 0 unspecified atom stereocenters. The third-order valence-electron chi connectivity index (χ3n) is 5.72. The van der Waals surface area contributed by atoms with E-state index >= 15 is 0 Å². The molecular weight excluding hydrogens is 394 g/mol. The van der Waals surface area contributed by atoms with E-state index in [0.717, 1.165) is 11.3 Å². The molecule has 0 atom stereocenters. The molecule has 8 heteroatoms. The molecule has 1 aromatic carbocycles. The molecule has 0 bridgehead atoms. The van der Waals surface area contributed by atoms with Gasteiger partial charge in [0.15, 0.2) is 11.5 Å². The lowest BCUT2D eigenvalue weighted by atomic mass is 10.1. The molecule has 0 saturated carbocycles. The van der Waals surface area contributed by atoms with Crippen LogP contribution in [0, 0.1) is 0 Å². The molecule has 8 nitrogen and oxygen atoms in total. The van der Waals surface area contributed by atoms with E-state index in [4.69, 9.17) is 4.74 Å². The van der Waals surface area contributed by atoms with Gasteiger partial charge in [0, 0.05) is 45.3 Å². The molecule has 1 fully saturated rings. The van der Waals surface area contributed by atoms with Crippen molar-refractivity contribution in [1.82, 2.24) is 19.4 Å². The highest BCUT2D eigenvalue weighted by Gasteiger charge is 2.24. The number of carbonyl (C=O) groups is 1. The van der Waals surface area contributed by atoms with Crippen LogP contribution in [0.5, 0.6) is 5.75 Å². The zero-order chi connectivity index (χ0) is 21.8. The number of methoxy groups -OCH3 is 1. The number of fused-ring (bicyclic) bond motifs is 1. The fourth-order valence-electron chi connectivity index (χ4n) is 3.93. The summed E-state index contributed by atoms with van der Waals surface area (Å²) in [4.78, 5) is 38.4. The Morgan fingerprint density at radius 1 is 1.10 bits per heavy atom. The summed E-state index contributed by atoms with van der Waals surface area (Å²) >= 11 is 0. The smallest absolute Gasteiger partial charge is 0.295 e. The molecule has 4 rings (SSSR count). The molecule has 0 spiro atoms. The number of piperazine rings is 1. The fourth-order valence-corrected chi connectivity index (χ4v) is 3.93. The van der Waals surface area contributed by atoms with E-state index in [-0.39, 0.29) is 11.5 Å². The number of amides is 1. The molecule has 162 valence electrons. The molecule has 1 amide bonds. The van der Waals surface area contributed by atoms with Crippen molar-refractivity contribution in [3.63, 3.8) is 0 Å². The van der Waals surface area contributed by atoms with E-state index in [0.29, 0.717) is 62.5 Å². The highest BCUT2D eigenvalue weighted by atomic mass is 16.5. The first-order chi connectivity index (χ1) is 15.1. The van der Waals surface area contributed by atoms with Gasteiger partial charge in [-0.15, -0.1) is 0 Å². The zero-order valence-electron chi connectivity index (χ0n) is 18.0. The maximum Gasteiger partial charge on any atom is 0.295 e. The lowest BCUT2D eigenvalue weighted by molar-refractivity contribution is -0.131. The Labute approximate surface area is 181 Å². The molecule has 3 heterocycles. The van der Waals surface area contributed by atoms with Crippen molar-refractivity contribution in [3.05, 3.63) is 58.5 Å². The van der Waals surface area contributed by atoms with Gasteiger partial charge >= 0.3 is 0 Å². The van der Waals surface area contributed by atoms with Crippen molar-refractivity contribution in [2.45, 2.75) is 26.3 Å². The van der Waals surface area contributed by atoms with Crippen molar-refractivity contribution >= 4 is 22.9 Å². The summed E-state index contributed by atoms with van der Waals surface area (Å²) in [7, 11) is 1.64. The largest absolute Gasteiger partial charge is 0.497 e. The van der Waals surface area contributed by atoms with Crippen LogP contribution in [-0.2, 0) is 17.8 Å². The summed E-state index contributed by atoms with van der Waals surface area (Å²) in [6, 6.07) is 11.5. The van der Waals surface area contributed by atoms with Gasteiger partial charge in [0.25, 0.3) is 5.56 Å². The minimum atomic E-state index is -0.131. The number of carbonyl (C=O) groups excluding carboxylic acids is 1. The van der Waals surface area contributed by atoms with Crippen LogP contribution in [0.1, 0.15) is 18.9 Å². The number of nitrogens with zero attached hydrogens (tertiary/aromatic N) is 5. The van der Waals surface area contributed by atoms with Gasteiger partial charge in [-0.25, -0.2) is 9.97 Å². The topological polar surface area (TPSA) is 80.6 Å². The Bertz CT molecular complexity index is 1120. The maximum absolute atomic E-state index is 13.0. The minimum Gasteiger partial charge on any atom is -0.497 e. The van der Waals surface area contributed by atoms with Gasteiger partial charge in [-0.1, -0.05) is 12.1 Å². The monoisotopic (exact) mass is 421 g/mol. The summed E-state index contributed by atoms with van der Waals surface area (Å²) in [5.74, 6) is 1.39. The first-order valence-corrected chi connectivity index (χ1v) is 10.6. The van der Waals surface area contributed by atoms with Crippen molar-refractivity contribution in [2.24, 2.45) is 0 Å². The lowest BCUT2D eigenvalue weighted by Crippen LogP contribution is -2.50. The standard InChI is InChI=1S/C23H27N5O3/c1-3-28-21-19(5-4-12-24-21)25-22(23(28)30)27-15-13-26(14-16-27)20(29)11-8-17-6-9-18(31-2)10-7-17/h4-7,9-10,12H,3,8,11,13-16H2,1-2H3. The highest BCUT2D eigenvalue weighted by molar-refractivity contribution is 5.77. The molecule has 1 aliphatic heterocycles. The molecule has 0 radical (unpaired) electrons. The summed E-state index contributed by atoms with van der Waals surface area (Å²) < 4.78 is 6.83. The second-order valence-corrected chi connectivity index (χ2v) is 7.55. The van der Waals surface area contributed by atoms with E-state index in [9.17, 15) is 9.59 Å². The Hall–Kier alpha value is -3.42. The zero-order valence-corrected chi connectivity index (χ0v) is 18.0. The van der Waals surface area contributed by atoms with Crippen LogP contribution in [0.4, 0.5) is 5.82 Å². The SMILES string of the molecule is CCn1c(=O)c(N2CCN(C(=O)CCc3ccc(OC)cc3)CC2)nc2cccnc21. The number of ether oxygens (including phenoxy) is 1. The number of aromatic nitrogens is 3. The lowest BCUT2D eigenvalue weighted by Gasteiger charge is -2.35. The van der Waals surface area contributed by atoms with Gasteiger partial charge in [0.2, 0.25) is 5.91 Å². The van der Waals surface area contributed by atoms with Gasteiger partial charge in [-0.2, -0.15) is 0 Å². The van der Waals surface area contributed by atoms with E-state index in [1.165, 1.54) is 0 Å². The summed E-state index contributed by atoms with van der Waals surface area (Å²) in [5, 5.41) is 0. The molecule has 1 aliphatic rings. The summed E-state index contributed by atoms with van der Waals surface area (Å²) in [6.07, 6.45) is 2.84. The number of aryl methyl sites for hydroxylation is 2. The van der Waals surface area contributed by atoms with Crippen LogP contribution in [0.2, 0.25) is 0 Å². The van der Waals surface area contributed by atoms with Crippen molar-refractivity contribution in [2.75, 3.05) is 38.2 Å². The van der Waals surface area contributed by atoms with Crippen LogP contribution >= 0.6 is 0 Å². The van der Waals surface area contributed by atoms with Crippen LogP contribution in [0.15, 0.2) is 47.4 Å². The van der Waals surface area contributed by atoms with Crippen molar-refractivity contribution in [3.8, 4) is 5.75 Å². The van der Waals surface area contributed by atoms with E-state index in [1.54, 1.807) is 17.9 Å². The van der Waals surface area contributed by atoms with Crippen LogP contribution in [-0.4, -0.2) is 58.6 Å². The predicted octanol–water partition coefficient (Wildman–Crippen LogP) is 2.10. The third-order valence-corrected chi connectivity index (χ3v) is 5.72. The molecule has 3 aromatic rings. The van der Waals surface area contributed by atoms with Crippen LogP contribution < -0.4 is 15.2 Å². The molecule has 31 heavy (non-hydrogen) atoms. The molecular formula is C23H27N5O3. The maximum atomic E-state index is 13.0. The van der Waals surface area contributed by atoms with Crippen molar-refractivity contribution < 1.29 is 9.53 Å². The molecule has 2 aromatic heterocycles. The van der Waals surface area contributed by atoms with Gasteiger partial charge in [0.05, 0.1) is 7.11 Å². The number of benzene rings is 1.